The first-order valence-corrected chi connectivity index (χ1v) is 12.7. The van der Waals surface area contributed by atoms with E-state index in [-0.39, 0.29) is 11.9 Å². The SMILES string of the molecule is CCOC(=O)CC(C)c1ccc(NCc2cccc3c2CCCN3CCOc2ccccc2)cc1. The summed E-state index contributed by atoms with van der Waals surface area (Å²) in [4.78, 5) is 14.2. The summed E-state index contributed by atoms with van der Waals surface area (Å²) in [7, 11) is 0. The van der Waals surface area contributed by atoms with Gasteiger partial charge in [-0.05, 0) is 72.7 Å². The van der Waals surface area contributed by atoms with Gasteiger partial charge in [-0.1, -0.05) is 49.4 Å². The molecular weight excluding hydrogens is 436 g/mol. The van der Waals surface area contributed by atoms with Crippen LogP contribution in [0.15, 0.2) is 72.8 Å². The maximum Gasteiger partial charge on any atom is 0.306 e. The van der Waals surface area contributed by atoms with E-state index in [1.807, 2.05) is 37.3 Å². The molecule has 3 aromatic rings. The Bertz CT molecular complexity index is 1080. The Morgan fingerprint density at radius 3 is 2.60 bits per heavy atom. The first-order chi connectivity index (χ1) is 17.1. The number of carbonyl (C=O) groups excluding carboxylic acids is 1. The molecule has 0 saturated carbocycles. The van der Waals surface area contributed by atoms with Crippen LogP contribution in [0.25, 0.3) is 0 Å². The molecule has 35 heavy (non-hydrogen) atoms. The van der Waals surface area contributed by atoms with Crippen LogP contribution in [0, 0.1) is 0 Å². The van der Waals surface area contributed by atoms with Crippen LogP contribution >= 0.6 is 0 Å². The van der Waals surface area contributed by atoms with Crippen LogP contribution < -0.4 is 15.0 Å². The van der Waals surface area contributed by atoms with Crippen molar-refractivity contribution in [1.82, 2.24) is 0 Å². The molecule has 3 aromatic carbocycles. The minimum atomic E-state index is -0.142. The van der Waals surface area contributed by atoms with Gasteiger partial charge in [-0.2, -0.15) is 0 Å². The zero-order valence-electron chi connectivity index (χ0n) is 20.8. The number of hydrogen-bond donors (Lipinski definition) is 1. The summed E-state index contributed by atoms with van der Waals surface area (Å²) in [6.07, 6.45) is 2.67. The van der Waals surface area contributed by atoms with E-state index in [4.69, 9.17) is 9.47 Å². The minimum absolute atomic E-state index is 0.140. The normalized spacial score (nSPS) is 13.6. The van der Waals surface area contributed by atoms with Crippen LogP contribution in [0.1, 0.15) is 49.3 Å². The van der Waals surface area contributed by atoms with Crippen molar-refractivity contribution in [2.75, 3.05) is 36.5 Å². The molecule has 0 spiro atoms. The van der Waals surface area contributed by atoms with Crippen molar-refractivity contribution >= 4 is 17.3 Å². The summed E-state index contributed by atoms with van der Waals surface area (Å²) < 4.78 is 11.0. The summed E-state index contributed by atoms with van der Waals surface area (Å²) in [5, 5.41) is 3.58. The summed E-state index contributed by atoms with van der Waals surface area (Å²) in [6, 6.07) is 25.0. The smallest absolute Gasteiger partial charge is 0.306 e. The molecule has 1 N–H and O–H groups in total. The maximum absolute atomic E-state index is 11.8. The molecule has 0 bridgehead atoms. The lowest BCUT2D eigenvalue weighted by molar-refractivity contribution is -0.143. The molecule has 1 aliphatic rings. The van der Waals surface area contributed by atoms with Gasteiger partial charge in [0.2, 0.25) is 0 Å². The molecule has 1 unspecified atom stereocenters. The topological polar surface area (TPSA) is 50.8 Å². The molecule has 0 fully saturated rings. The fourth-order valence-corrected chi connectivity index (χ4v) is 4.68. The fraction of sp³-hybridized carbons (Fsp3) is 0.367. The predicted octanol–water partition coefficient (Wildman–Crippen LogP) is 6.19. The zero-order valence-corrected chi connectivity index (χ0v) is 20.8. The van der Waals surface area contributed by atoms with Gasteiger partial charge in [0.1, 0.15) is 12.4 Å². The monoisotopic (exact) mass is 472 g/mol. The molecule has 0 aromatic heterocycles. The summed E-state index contributed by atoms with van der Waals surface area (Å²) in [5.74, 6) is 0.918. The van der Waals surface area contributed by atoms with E-state index in [1.54, 1.807) is 0 Å². The molecule has 0 radical (unpaired) electrons. The molecule has 1 heterocycles. The van der Waals surface area contributed by atoms with Gasteiger partial charge < -0.3 is 19.7 Å². The third kappa shape index (κ3) is 6.78. The number of anilines is 2. The van der Waals surface area contributed by atoms with Gasteiger partial charge in [0.05, 0.1) is 19.6 Å². The van der Waals surface area contributed by atoms with E-state index in [0.717, 1.165) is 49.5 Å². The fourth-order valence-electron chi connectivity index (χ4n) is 4.68. The third-order valence-corrected chi connectivity index (χ3v) is 6.56. The molecule has 0 saturated heterocycles. The third-order valence-electron chi connectivity index (χ3n) is 6.56. The summed E-state index contributed by atoms with van der Waals surface area (Å²) in [6.45, 7) is 7.73. The molecule has 4 rings (SSSR count). The van der Waals surface area contributed by atoms with Gasteiger partial charge in [0.25, 0.3) is 0 Å². The zero-order chi connectivity index (χ0) is 24.5. The highest BCUT2D eigenvalue weighted by Gasteiger charge is 2.19. The van der Waals surface area contributed by atoms with E-state index in [2.05, 4.69) is 59.6 Å². The highest BCUT2D eigenvalue weighted by molar-refractivity contribution is 5.70. The first-order valence-electron chi connectivity index (χ1n) is 12.7. The second kappa shape index (κ2) is 12.3. The number of carbonyl (C=O) groups is 1. The Balaban J connectivity index is 1.34. The largest absolute Gasteiger partial charge is 0.492 e. The van der Waals surface area contributed by atoms with E-state index < -0.39 is 0 Å². The summed E-state index contributed by atoms with van der Waals surface area (Å²) in [5.41, 5.74) is 6.34. The van der Waals surface area contributed by atoms with Crippen molar-refractivity contribution in [3.05, 3.63) is 89.5 Å². The predicted molar refractivity (Wildman–Crippen MR) is 142 cm³/mol. The van der Waals surface area contributed by atoms with Gasteiger partial charge in [0.15, 0.2) is 0 Å². The Labute approximate surface area is 209 Å². The highest BCUT2D eigenvalue weighted by Crippen LogP contribution is 2.30. The lowest BCUT2D eigenvalue weighted by Crippen LogP contribution is -2.33. The second-order valence-corrected chi connectivity index (χ2v) is 9.05. The number of nitrogens with one attached hydrogen (secondary N) is 1. The Morgan fingerprint density at radius 1 is 1.03 bits per heavy atom. The standard InChI is InChI=1S/C30H36N2O3/c1-3-34-30(33)21-23(2)24-14-16-26(17-15-24)31-22-25-9-7-13-29-28(25)12-8-18-32(29)19-20-35-27-10-5-4-6-11-27/h4-7,9-11,13-17,23,31H,3,8,12,18-22H2,1-2H3. The molecule has 5 heteroatoms. The van der Waals surface area contributed by atoms with Crippen molar-refractivity contribution in [2.45, 2.75) is 45.6 Å². The van der Waals surface area contributed by atoms with Crippen LogP contribution in [0.3, 0.4) is 0 Å². The number of nitrogens with zero attached hydrogens (tertiary/aromatic N) is 1. The van der Waals surface area contributed by atoms with E-state index in [9.17, 15) is 4.79 Å². The van der Waals surface area contributed by atoms with Crippen LogP contribution in [0.5, 0.6) is 5.75 Å². The van der Waals surface area contributed by atoms with Crippen molar-refractivity contribution < 1.29 is 14.3 Å². The average molecular weight is 473 g/mol. The van der Waals surface area contributed by atoms with Crippen molar-refractivity contribution in [3.63, 3.8) is 0 Å². The van der Waals surface area contributed by atoms with E-state index in [1.165, 1.54) is 16.8 Å². The second-order valence-electron chi connectivity index (χ2n) is 9.05. The number of fused-ring (bicyclic) bond motifs is 1. The number of ether oxygens (including phenoxy) is 2. The molecule has 1 aliphatic heterocycles. The highest BCUT2D eigenvalue weighted by atomic mass is 16.5. The summed E-state index contributed by atoms with van der Waals surface area (Å²) >= 11 is 0. The first kappa shape index (κ1) is 24.6. The van der Waals surface area contributed by atoms with Crippen LogP contribution in [-0.4, -0.2) is 32.3 Å². The Kier molecular flexibility index (Phi) is 8.66. The molecular formula is C30H36N2O3. The van der Waals surface area contributed by atoms with Crippen molar-refractivity contribution in [3.8, 4) is 5.75 Å². The van der Waals surface area contributed by atoms with Gasteiger partial charge in [-0.15, -0.1) is 0 Å². The van der Waals surface area contributed by atoms with Crippen LogP contribution in [0.4, 0.5) is 11.4 Å². The Morgan fingerprint density at radius 2 is 1.83 bits per heavy atom. The van der Waals surface area contributed by atoms with Gasteiger partial charge in [-0.25, -0.2) is 0 Å². The van der Waals surface area contributed by atoms with E-state index in [0.29, 0.717) is 19.6 Å². The van der Waals surface area contributed by atoms with Gasteiger partial charge in [0, 0.05) is 24.5 Å². The number of para-hydroxylation sites is 1. The molecule has 1 atom stereocenters. The molecule has 184 valence electrons. The number of hydrogen-bond acceptors (Lipinski definition) is 5. The lowest BCUT2D eigenvalue weighted by Gasteiger charge is -2.32. The number of benzene rings is 3. The minimum Gasteiger partial charge on any atom is -0.492 e. The number of esters is 1. The molecule has 0 aliphatic carbocycles. The van der Waals surface area contributed by atoms with Crippen molar-refractivity contribution in [2.24, 2.45) is 0 Å². The maximum atomic E-state index is 11.8. The van der Waals surface area contributed by atoms with Gasteiger partial charge in [-0.3, -0.25) is 4.79 Å². The lowest BCUT2D eigenvalue weighted by atomic mass is 9.96. The van der Waals surface area contributed by atoms with Crippen molar-refractivity contribution in [1.29, 1.82) is 0 Å². The van der Waals surface area contributed by atoms with Crippen LogP contribution in [0.2, 0.25) is 0 Å². The van der Waals surface area contributed by atoms with Gasteiger partial charge >= 0.3 is 5.97 Å². The average Bonchev–Trinajstić information content (AvgIpc) is 2.88. The number of rotatable bonds is 11. The van der Waals surface area contributed by atoms with E-state index >= 15 is 0 Å². The quantitative estimate of drug-likeness (QED) is 0.337. The molecule has 0 amide bonds. The molecule has 5 nitrogen and oxygen atoms in total. The Hall–Kier alpha value is -3.47. The van der Waals surface area contributed by atoms with Crippen LogP contribution in [-0.2, 0) is 22.5 Å².